The molecular formula is C19H25N5O3S. The summed E-state index contributed by atoms with van der Waals surface area (Å²) in [5, 5.41) is 4.65. The summed E-state index contributed by atoms with van der Waals surface area (Å²) in [6.45, 7) is 6.65. The molecule has 4 heterocycles. The number of amides is 1. The van der Waals surface area contributed by atoms with Crippen LogP contribution in [-0.4, -0.2) is 71.7 Å². The van der Waals surface area contributed by atoms with Crippen LogP contribution in [0.1, 0.15) is 34.3 Å². The van der Waals surface area contributed by atoms with Crippen LogP contribution >= 0.6 is 0 Å². The molecule has 8 nitrogen and oxygen atoms in total. The molecule has 4 rings (SSSR count). The van der Waals surface area contributed by atoms with Crippen LogP contribution in [0, 0.1) is 13.8 Å². The molecule has 9 heteroatoms. The number of anilines is 1. The number of hydrogen-bond donors (Lipinski definition) is 0. The number of piperazine rings is 1. The van der Waals surface area contributed by atoms with Crippen molar-refractivity contribution in [3.63, 3.8) is 0 Å². The van der Waals surface area contributed by atoms with Crippen LogP contribution < -0.4 is 4.90 Å². The number of rotatable bonds is 3. The SMILES string of the molecule is Cc1nn(C2CCS(=O)(=O)C2)c(C)c1N1CCN(C(=O)c2ccccn2)CC1. The van der Waals surface area contributed by atoms with Gasteiger partial charge >= 0.3 is 0 Å². The Morgan fingerprint density at radius 2 is 1.89 bits per heavy atom. The topological polar surface area (TPSA) is 88.4 Å². The minimum Gasteiger partial charge on any atom is -0.365 e. The van der Waals surface area contributed by atoms with Gasteiger partial charge in [-0.25, -0.2) is 8.42 Å². The largest absolute Gasteiger partial charge is 0.365 e. The molecule has 0 saturated carbocycles. The van der Waals surface area contributed by atoms with Gasteiger partial charge in [0.1, 0.15) is 5.69 Å². The quantitative estimate of drug-likeness (QED) is 0.766. The fourth-order valence-corrected chi connectivity index (χ4v) is 5.91. The first-order chi connectivity index (χ1) is 13.4. The van der Waals surface area contributed by atoms with E-state index in [1.165, 1.54) is 0 Å². The maximum atomic E-state index is 12.6. The molecule has 150 valence electrons. The Hall–Kier alpha value is -2.42. The molecular weight excluding hydrogens is 378 g/mol. The van der Waals surface area contributed by atoms with Crippen molar-refractivity contribution in [2.75, 3.05) is 42.6 Å². The van der Waals surface area contributed by atoms with Crippen molar-refractivity contribution in [2.45, 2.75) is 26.3 Å². The van der Waals surface area contributed by atoms with Crippen molar-refractivity contribution in [1.82, 2.24) is 19.7 Å². The van der Waals surface area contributed by atoms with Crippen molar-refractivity contribution >= 4 is 21.4 Å². The molecule has 0 spiro atoms. The molecule has 1 unspecified atom stereocenters. The number of sulfone groups is 1. The summed E-state index contributed by atoms with van der Waals surface area (Å²) in [5.41, 5.74) is 3.45. The Bertz CT molecular complexity index is 978. The summed E-state index contributed by atoms with van der Waals surface area (Å²) in [5.74, 6) is 0.362. The van der Waals surface area contributed by atoms with Gasteiger partial charge in [-0.2, -0.15) is 5.10 Å². The summed E-state index contributed by atoms with van der Waals surface area (Å²) in [6.07, 6.45) is 2.25. The molecule has 0 bridgehead atoms. The van der Waals surface area contributed by atoms with E-state index in [0.29, 0.717) is 25.2 Å². The third-order valence-electron chi connectivity index (χ3n) is 5.61. The predicted octanol–water partition coefficient (Wildman–Crippen LogP) is 1.22. The molecule has 0 aliphatic carbocycles. The first-order valence-electron chi connectivity index (χ1n) is 9.57. The Morgan fingerprint density at radius 3 is 2.50 bits per heavy atom. The van der Waals surface area contributed by atoms with Gasteiger partial charge < -0.3 is 9.80 Å². The van der Waals surface area contributed by atoms with Crippen molar-refractivity contribution in [3.05, 3.63) is 41.5 Å². The summed E-state index contributed by atoms with van der Waals surface area (Å²) in [7, 11) is -2.96. The van der Waals surface area contributed by atoms with Crippen molar-refractivity contribution in [2.24, 2.45) is 0 Å². The highest BCUT2D eigenvalue weighted by atomic mass is 32.2. The molecule has 2 fully saturated rings. The Morgan fingerprint density at radius 1 is 1.14 bits per heavy atom. The maximum Gasteiger partial charge on any atom is 0.272 e. The first-order valence-corrected chi connectivity index (χ1v) is 11.4. The van der Waals surface area contributed by atoms with Crippen molar-refractivity contribution in [3.8, 4) is 0 Å². The summed E-state index contributed by atoms with van der Waals surface area (Å²) < 4.78 is 25.6. The molecule has 0 radical (unpaired) electrons. The van der Waals surface area contributed by atoms with Gasteiger partial charge in [0.2, 0.25) is 0 Å². The maximum absolute atomic E-state index is 12.6. The third kappa shape index (κ3) is 3.50. The molecule has 0 N–H and O–H groups in total. The van der Waals surface area contributed by atoms with Crippen LogP contribution in [0.5, 0.6) is 0 Å². The second kappa shape index (κ2) is 7.20. The molecule has 2 aliphatic heterocycles. The van der Waals surface area contributed by atoms with E-state index in [0.717, 1.165) is 30.2 Å². The van der Waals surface area contributed by atoms with Gasteiger partial charge in [0, 0.05) is 32.4 Å². The Kier molecular flexibility index (Phi) is 4.86. The summed E-state index contributed by atoms with van der Waals surface area (Å²) in [6, 6.07) is 5.28. The van der Waals surface area contributed by atoms with Crippen LogP contribution in [-0.2, 0) is 9.84 Å². The molecule has 0 aromatic carbocycles. The number of carbonyl (C=O) groups excluding carboxylic acids is 1. The molecule has 2 saturated heterocycles. The van der Waals surface area contributed by atoms with E-state index in [-0.39, 0.29) is 23.5 Å². The van der Waals surface area contributed by atoms with E-state index in [1.807, 2.05) is 29.5 Å². The minimum atomic E-state index is -2.96. The lowest BCUT2D eigenvalue weighted by Crippen LogP contribution is -2.49. The number of nitrogens with zero attached hydrogens (tertiary/aromatic N) is 5. The highest BCUT2D eigenvalue weighted by molar-refractivity contribution is 7.91. The molecule has 28 heavy (non-hydrogen) atoms. The zero-order valence-corrected chi connectivity index (χ0v) is 17.0. The standard InChI is InChI=1S/C19H25N5O3S/c1-14-18(15(2)24(21-14)16-6-12-28(26,27)13-16)22-8-10-23(11-9-22)19(25)17-5-3-4-7-20-17/h3-5,7,16H,6,8-13H2,1-2H3. The zero-order valence-electron chi connectivity index (χ0n) is 16.2. The molecule has 2 aliphatic rings. The van der Waals surface area contributed by atoms with Crippen molar-refractivity contribution in [1.29, 1.82) is 0 Å². The average molecular weight is 404 g/mol. The number of carbonyl (C=O) groups is 1. The lowest BCUT2D eigenvalue weighted by atomic mass is 10.2. The number of aromatic nitrogens is 3. The molecule has 2 aromatic rings. The van der Waals surface area contributed by atoms with Crippen molar-refractivity contribution < 1.29 is 13.2 Å². The molecule has 1 amide bonds. The third-order valence-corrected chi connectivity index (χ3v) is 7.36. The number of aryl methyl sites for hydroxylation is 1. The van der Waals surface area contributed by atoms with E-state index >= 15 is 0 Å². The number of pyridine rings is 1. The fourth-order valence-electron chi connectivity index (χ4n) is 4.22. The lowest BCUT2D eigenvalue weighted by Gasteiger charge is -2.36. The van der Waals surface area contributed by atoms with Gasteiger partial charge in [0.15, 0.2) is 9.84 Å². The van der Waals surface area contributed by atoms with Crippen LogP contribution in [0.4, 0.5) is 5.69 Å². The minimum absolute atomic E-state index is 0.0412. The van der Waals surface area contributed by atoms with Crippen LogP contribution in [0.3, 0.4) is 0 Å². The van der Waals surface area contributed by atoms with Crippen LogP contribution in [0.25, 0.3) is 0 Å². The van der Waals surface area contributed by atoms with Crippen LogP contribution in [0.15, 0.2) is 24.4 Å². The van der Waals surface area contributed by atoms with E-state index in [2.05, 4.69) is 15.0 Å². The van der Waals surface area contributed by atoms with E-state index in [1.54, 1.807) is 18.3 Å². The van der Waals surface area contributed by atoms with Gasteiger partial charge in [0.05, 0.1) is 34.6 Å². The Balaban J connectivity index is 1.47. The summed E-state index contributed by atoms with van der Waals surface area (Å²) >= 11 is 0. The van der Waals surface area contributed by atoms with Crippen LogP contribution in [0.2, 0.25) is 0 Å². The van der Waals surface area contributed by atoms with E-state index in [4.69, 9.17) is 0 Å². The second-order valence-corrected chi connectivity index (χ2v) is 9.74. The summed E-state index contributed by atoms with van der Waals surface area (Å²) in [4.78, 5) is 20.8. The van der Waals surface area contributed by atoms with E-state index in [9.17, 15) is 13.2 Å². The second-order valence-electron chi connectivity index (χ2n) is 7.52. The first kappa shape index (κ1) is 18.9. The van der Waals surface area contributed by atoms with Gasteiger partial charge in [0.25, 0.3) is 5.91 Å². The average Bonchev–Trinajstić information content (AvgIpc) is 3.20. The molecule has 2 aromatic heterocycles. The Labute approximate surface area is 165 Å². The highest BCUT2D eigenvalue weighted by Crippen LogP contribution is 2.31. The monoisotopic (exact) mass is 403 g/mol. The van der Waals surface area contributed by atoms with Gasteiger partial charge in [-0.15, -0.1) is 0 Å². The smallest absolute Gasteiger partial charge is 0.272 e. The predicted molar refractivity (Wildman–Crippen MR) is 106 cm³/mol. The lowest BCUT2D eigenvalue weighted by molar-refractivity contribution is 0.0741. The van der Waals surface area contributed by atoms with Gasteiger partial charge in [-0.05, 0) is 32.4 Å². The fraction of sp³-hybridized carbons (Fsp3) is 0.526. The molecule has 1 atom stereocenters. The normalized spacial score (nSPS) is 21.9. The van der Waals surface area contributed by atoms with Gasteiger partial charge in [-0.3, -0.25) is 14.5 Å². The zero-order chi connectivity index (χ0) is 19.9. The van der Waals surface area contributed by atoms with E-state index < -0.39 is 9.84 Å². The highest BCUT2D eigenvalue weighted by Gasteiger charge is 2.33. The van der Waals surface area contributed by atoms with Gasteiger partial charge in [-0.1, -0.05) is 6.07 Å². The number of hydrogen-bond acceptors (Lipinski definition) is 6.